The zero-order valence-electron chi connectivity index (χ0n) is 16.5. The molecular weight excluding hydrogens is 499 g/mol. The number of carbonyl (C=O) groups is 1. The standard InChI is InChI=1S/C22H27IN2O3S/c1-16-7-5-6-10-20(16)24-22(26)21(15-17-8-3-2-4-9-17)25-29(27,28)19-13-11-18(23)12-14-19/h2-4,8-9,11-14,16,20-21,25H,5-7,10,15H2,1H3,(H,24,26)/t16-,20-,21-/m0/s1. The Bertz CT molecular complexity index is 917. The number of nitrogens with one attached hydrogen (secondary N) is 2. The second kappa shape index (κ2) is 10.0. The van der Waals surface area contributed by atoms with E-state index in [0.29, 0.717) is 12.3 Å². The number of rotatable bonds is 7. The number of hydrogen-bond donors (Lipinski definition) is 2. The number of benzene rings is 2. The van der Waals surface area contributed by atoms with Gasteiger partial charge in [-0.2, -0.15) is 4.72 Å². The molecule has 3 atom stereocenters. The first-order valence-electron chi connectivity index (χ1n) is 9.97. The van der Waals surface area contributed by atoms with Crippen molar-refractivity contribution < 1.29 is 13.2 Å². The number of carbonyl (C=O) groups excluding carboxylic acids is 1. The molecule has 1 fully saturated rings. The number of halogens is 1. The van der Waals surface area contributed by atoms with Gasteiger partial charge in [-0.15, -0.1) is 0 Å². The highest BCUT2D eigenvalue weighted by molar-refractivity contribution is 14.1. The summed E-state index contributed by atoms with van der Waals surface area (Å²) >= 11 is 2.13. The second-order valence-electron chi connectivity index (χ2n) is 7.69. The molecule has 0 bridgehead atoms. The average Bonchev–Trinajstić information content (AvgIpc) is 2.70. The lowest BCUT2D eigenvalue weighted by Crippen LogP contribution is -2.52. The van der Waals surface area contributed by atoms with Gasteiger partial charge in [-0.25, -0.2) is 8.42 Å². The van der Waals surface area contributed by atoms with Gasteiger partial charge < -0.3 is 5.32 Å². The number of sulfonamides is 1. The summed E-state index contributed by atoms with van der Waals surface area (Å²) in [5.41, 5.74) is 0.912. The smallest absolute Gasteiger partial charge is 0.241 e. The molecule has 1 aliphatic rings. The van der Waals surface area contributed by atoms with Gasteiger partial charge >= 0.3 is 0 Å². The second-order valence-corrected chi connectivity index (χ2v) is 10.7. The van der Waals surface area contributed by atoms with E-state index in [0.717, 1.165) is 28.4 Å². The number of hydrogen-bond acceptors (Lipinski definition) is 3. The lowest BCUT2D eigenvalue weighted by atomic mass is 9.86. The van der Waals surface area contributed by atoms with E-state index in [-0.39, 0.29) is 16.8 Å². The van der Waals surface area contributed by atoms with Crippen LogP contribution in [0.4, 0.5) is 0 Å². The molecule has 2 aromatic rings. The highest BCUT2D eigenvalue weighted by atomic mass is 127. The average molecular weight is 526 g/mol. The molecule has 0 unspecified atom stereocenters. The molecule has 1 amide bonds. The van der Waals surface area contributed by atoms with Crippen LogP contribution in [0.15, 0.2) is 59.5 Å². The lowest BCUT2D eigenvalue weighted by molar-refractivity contribution is -0.124. The van der Waals surface area contributed by atoms with Crippen LogP contribution in [0.5, 0.6) is 0 Å². The summed E-state index contributed by atoms with van der Waals surface area (Å²) in [4.78, 5) is 13.2. The first-order chi connectivity index (χ1) is 13.8. The van der Waals surface area contributed by atoms with Crippen LogP contribution in [0.25, 0.3) is 0 Å². The molecule has 2 aromatic carbocycles. The predicted molar refractivity (Wildman–Crippen MR) is 123 cm³/mol. The van der Waals surface area contributed by atoms with Crippen LogP contribution in [0, 0.1) is 9.49 Å². The van der Waals surface area contributed by atoms with Gasteiger partial charge in [0.2, 0.25) is 15.9 Å². The molecule has 0 heterocycles. The molecule has 29 heavy (non-hydrogen) atoms. The Kier molecular flexibility index (Phi) is 7.70. The van der Waals surface area contributed by atoms with Gasteiger partial charge in [0.05, 0.1) is 4.90 Å². The van der Waals surface area contributed by atoms with E-state index in [1.54, 1.807) is 24.3 Å². The van der Waals surface area contributed by atoms with E-state index >= 15 is 0 Å². The van der Waals surface area contributed by atoms with E-state index < -0.39 is 16.1 Å². The van der Waals surface area contributed by atoms with Gasteiger partial charge in [-0.3, -0.25) is 4.79 Å². The van der Waals surface area contributed by atoms with E-state index in [4.69, 9.17) is 0 Å². The summed E-state index contributed by atoms with van der Waals surface area (Å²) in [7, 11) is -3.81. The van der Waals surface area contributed by atoms with Gasteiger partial charge in [0, 0.05) is 9.61 Å². The Morgan fingerprint density at radius 2 is 1.72 bits per heavy atom. The molecule has 2 N–H and O–H groups in total. The third kappa shape index (κ3) is 6.26. The molecule has 3 rings (SSSR count). The molecule has 0 saturated heterocycles. The molecule has 1 aliphatic carbocycles. The Morgan fingerprint density at radius 1 is 1.07 bits per heavy atom. The maximum atomic E-state index is 13.1. The van der Waals surface area contributed by atoms with Crippen molar-refractivity contribution >= 4 is 38.5 Å². The summed E-state index contributed by atoms with van der Waals surface area (Å²) in [5.74, 6) is 0.138. The van der Waals surface area contributed by atoms with Crippen molar-refractivity contribution in [1.82, 2.24) is 10.0 Å². The molecule has 0 radical (unpaired) electrons. The predicted octanol–water partition coefficient (Wildman–Crippen LogP) is 3.88. The molecular formula is C22H27IN2O3S. The van der Waals surface area contributed by atoms with E-state index in [1.165, 1.54) is 6.42 Å². The highest BCUT2D eigenvalue weighted by Crippen LogP contribution is 2.24. The maximum absolute atomic E-state index is 13.1. The van der Waals surface area contributed by atoms with E-state index in [9.17, 15) is 13.2 Å². The van der Waals surface area contributed by atoms with Crippen LogP contribution in [0.2, 0.25) is 0 Å². The SMILES string of the molecule is C[C@H]1CCCC[C@@H]1NC(=O)[C@H](Cc1ccccc1)NS(=O)(=O)c1ccc(I)cc1. The third-order valence-corrected chi connectivity index (χ3v) is 7.67. The fourth-order valence-corrected chi connectivity index (χ4v) is 5.28. The van der Waals surface area contributed by atoms with Crippen molar-refractivity contribution in [1.29, 1.82) is 0 Å². The van der Waals surface area contributed by atoms with Crippen molar-refractivity contribution in [3.8, 4) is 0 Å². The van der Waals surface area contributed by atoms with Crippen molar-refractivity contribution in [3.05, 3.63) is 63.7 Å². The summed E-state index contributed by atoms with van der Waals surface area (Å²) < 4.78 is 29.4. The van der Waals surface area contributed by atoms with Crippen molar-refractivity contribution in [2.75, 3.05) is 0 Å². The molecule has 156 valence electrons. The van der Waals surface area contributed by atoms with Crippen LogP contribution < -0.4 is 10.0 Å². The summed E-state index contributed by atoms with van der Waals surface area (Å²) in [6.07, 6.45) is 4.60. The topological polar surface area (TPSA) is 75.3 Å². The Balaban J connectivity index is 1.80. The van der Waals surface area contributed by atoms with Crippen LogP contribution >= 0.6 is 22.6 Å². The normalized spacial score (nSPS) is 20.8. The molecule has 0 aromatic heterocycles. The first-order valence-corrected chi connectivity index (χ1v) is 12.5. The maximum Gasteiger partial charge on any atom is 0.241 e. The minimum absolute atomic E-state index is 0.0948. The zero-order valence-corrected chi connectivity index (χ0v) is 19.4. The van der Waals surface area contributed by atoms with Gasteiger partial charge in [-0.05, 0) is 77.6 Å². The lowest BCUT2D eigenvalue weighted by Gasteiger charge is -2.31. The van der Waals surface area contributed by atoms with Gasteiger partial charge in [-0.1, -0.05) is 50.1 Å². The van der Waals surface area contributed by atoms with Gasteiger partial charge in [0.15, 0.2) is 0 Å². The van der Waals surface area contributed by atoms with Gasteiger partial charge in [0.1, 0.15) is 6.04 Å². The molecule has 0 spiro atoms. The van der Waals surface area contributed by atoms with Crippen molar-refractivity contribution in [3.63, 3.8) is 0 Å². The minimum atomic E-state index is -3.81. The van der Waals surface area contributed by atoms with E-state index in [1.807, 2.05) is 30.3 Å². The fourth-order valence-electron chi connectivity index (χ4n) is 3.72. The van der Waals surface area contributed by atoms with Gasteiger partial charge in [0.25, 0.3) is 0 Å². The highest BCUT2D eigenvalue weighted by Gasteiger charge is 2.30. The molecule has 1 saturated carbocycles. The van der Waals surface area contributed by atoms with Crippen LogP contribution in [0.3, 0.4) is 0 Å². The third-order valence-electron chi connectivity index (χ3n) is 5.46. The summed E-state index contributed by atoms with van der Waals surface area (Å²) in [6.45, 7) is 2.14. The Labute approximate surface area is 186 Å². The van der Waals surface area contributed by atoms with Crippen molar-refractivity contribution in [2.45, 2.75) is 56.0 Å². The Morgan fingerprint density at radius 3 is 2.38 bits per heavy atom. The fraction of sp³-hybridized carbons (Fsp3) is 0.409. The Hall–Kier alpha value is -1.45. The molecule has 5 nitrogen and oxygen atoms in total. The van der Waals surface area contributed by atoms with E-state index in [2.05, 4.69) is 39.6 Å². The first kappa shape index (κ1) is 22.2. The summed E-state index contributed by atoms with van der Waals surface area (Å²) in [6, 6.07) is 15.3. The molecule has 7 heteroatoms. The largest absolute Gasteiger partial charge is 0.352 e. The van der Waals surface area contributed by atoms with Crippen molar-refractivity contribution in [2.24, 2.45) is 5.92 Å². The minimum Gasteiger partial charge on any atom is -0.352 e. The number of amides is 1. The zero-order chi connectivity index (χ0) is 20.9. The van der Waals surface area contributed by atoms with Crippen LogP contribution in [-0.2, 0) is 21.2 Å². The molecule has 0 aliphatic heterocycles. The van der Waals surface area contributed by atoms with Crippen LogP contribution in [-0.4, -0.2) is 26.4 Å². The quantitative estimate of drug-likeness (QED) is 0.538. The summed E-state index contributed by atoms with van der Waals surface area (Å²) in [5, 5.41) is 3.11. The van der Waals surface area contributed by atoms with Crippen LogP contribution in [0.1, 0.15) is 38.2 Å². The monoisotopic (exact) mass is 526 g/mol.